The van der Waals surface area contributed by atoms with Gasteiger partial charge in [0.25, 0.3) is 0 Å². The lowest BCUT2D eigenvalue weighted by Crippen LogP contribution is -2.43. The Morgan fingerprint density at radius 1 is 1.26 bits per heavy atom. The predicted molar refractivity (Wildman–Crippen MR) is 79.5 cm³/mol. The Labute approximate surface area is 115 Å². The number of rotatable bonds is 3. The maximum atomic E-state index is 5.95. The number of likely N-dealkylation sites (tertiary alicyclic amines) is 1. The maximum Gasteiger partial charge on any atom is 0.137 e. The van der Waals surface area contributed by atoms with Crippen LogP contribution in [0.25, 0.3) is 0 Å². The van der Waals surface area contributed by atoms with Gasteiger partial charge in [-0.2, -0.15) is 0 Å². The lowest BCUT2D eigenvalue weighted by atomic mass is 10.0. The van der Waals surface area contributed by atoms with Gasteiger partial charge in [-0.05, 0) is 33.2 Å². The summed E-state index contributed by atoms with van der Waals surface area (Å²) in [6.07, 6.45) is 2.37. The average molecular weight is 263 g/mol. The van der Waals surface area contributed by atoms with E-state index in [-0.39, 0.29) is 0 Å². The number of hydrogen-bond acceptors (Lipinski definition) is 5. The molecule has 1 aliphatic heterocycles. The molecule has 0 unspecified atom stereocenters. The summed E-state index contributed by atoms with van der Waals surface area (Å²) in [5.74, 6) is 2.33. The monoisotopic (exact) mass is 263 g/mol. The molecule has 0 spiro atoms. The minimum Gasteiger partial charge on any atom is -0.383 e. The molecule has 19 heavy (non-hydrogen) atoms. The van der Waals surface area contributed by atoms with Crippen molar-refractivity contribution in [1.29, 1.82) is 0 Å². The Morgan fingerprint density at radius 2 is 1.89 bits per heavy atom. The van der Waals surface area contributed by atoms with Gasteiger partial charge in [-0.25, -0.2) is 9.97 Å². The van der Waals surface area contributed by atoms with Crippen LogP contribution in [0.4, 0.5) is 11.6 Å². The van der Waals surface area contributed by atoms with Crippen LogP contribution in [-0.2, 0) is 0 Å². The van der Waals surface area contributed by atoms with Gasteiger partial charge in [0.15, 0.2) is 0 Å². The van der Waals surface area contributed by atoms with E-state index < -0.39 is 0 Å². The molecular formula is C14H25N5. The Bertz CT molecular complexity index is 438. The average Bonchev–Trinajstić information content (AvgIpc) is 2.42. The molecule has 1 saturated heterocycles. The van der Waals surface area contributed by atoms with E-state index in [0.717, 1.165) is 23.8 Å². The van der Waals surface area contributed by atoms with Crippen molar-refractivity contribution in [3.05, 3.63) is 11.4 Å². The molecule has 1 aromatic heterocycles. The van der Waals surface area contributed by atoms with Gasteiger partial charge in [-0.3, -0.25) is 0 Å². The molecule has 0 atom stereocenters. The van der Waals surface area contributed by atoms with Crippen LogP contribution in [0.15, 0.2) is 0 Å². The zero-order valence-electron chi connectivity index (χ0n) is 12.5. The molecule has 0 bridgehead atoms. The summed E-state index contributed by atoms with van der Waals surface area (Å²) in [4.78, 5) is 13.6. The van der Waals surface area contributed by atoms with Crippen molar-refractivity contribution < 1.29 is 0 Å². The number of nitrogen functional groups attached to an aromatic ring is 1. The van der Waals surface area contributed by atoms with Gasteiger partial charge in [-0.1, -0.05) is 6.92 Å². The van der Waals surface area contributed by atoms with Crippen molar-refractivity contribution in [2.24, 2.45) is 0 Å². The minimum atomic E-state index is 0.551. The van der Waals surface area contributed by atoms with Gasteiger partial charge >= 0.3 is 0 Å². The van der Waals surface area contributed by atoms with Gasteiger partial charge < -0.3 is 15.5 Å². The van der Waals surface area contributed by atoms with E-state index in [9.17, 15) is 0 Å². The standard InChI is InChI=1S/C14H25N5/c1-5-19-8-6-12(7-9-19)18(4)14-10(2)13(15)16-11(3)17-14/h12H,5-9H2,1-4H3,(H2,15,16,17). The first-order valence-corrected chi connectivity index (χ1v) is 7.08. The van der Waals surface area contributed by atoms with Crippen LogP contribution in [0.3, 0.4) is 0 Å². The Kier molecular flexibility index (Phi) is 4.24. The molecule has 2 heterocycles. The molecule has 1 aromatic rings. The van der Waals surface area contributed by atoms with E-state index >= 15 is 0 Å². The molecule has 0 saturated carbocycles. The first kappa shape index (κ1) is 14.1. The van der Waals surface area contributed by atoms with Crippen molar-refractivity contribution in [3.8, 4) is 0 Å². The first-order valence-electron chi connectivity index (χ1n) is 7.08. The SMILES string of the molecule is CCN1CCC(N(C)c2nc(C)nc(N)c2C)CC1. The predicted octanol–water partition coefficient (Wildman–Crippen LogP) is 1.60. The normalized spacial score (nSPS) is 17.7. The second-order valence-electron chi connectivity index (χ2n) is 5.38. The molecule has 1 aliphatic rings. The number of piperidine rings is 1. The third-order valence-electron chi connectivity index (χ3n) is 4.16. The number of anilines is 2. The maximum absolute atomic E-state index is 5.95. The van der Waals surface area contributed by atoms with Crippen LogP contribution in [0.1, 0.15) is 31.2 Å². The molecular weight excluding hydrogens is 238 g/mol. The smallest absolute Gasteiger partial charge is 0.137 e. The molecule has 106 valence electrons. The fourth-order valence-electron chi connectivity index (χ4n) is 2.77. The second-order valence-corrected chi connectivity index (χ2v) is 5.38. The zero-order chi connectivity index (χ0) is 14.0. The highest BCUT2D eigenvalue weighted by Gasteiger charge is 2.24. The number of aromatic nitrogens is 2. The van der Waals surface area contributed by atoms with Crippen LogP contribution >= 0.6 is 0 Å². The lowest BCUT2D eigenvalue weighted by molar-refractivity contribution is 0.220. The summed E-state index contributed by atoms with van der Waals surface area (Å²) in [7, 11) is 2.13. The summed E-state index contributed by atoms with van der Waals surface area (Å²) in [6.45, 7) is 9.61. The fourth-order valence-corrected chi connectivity index (χ4v) is 2.77. The van der Waals surface area contributed by atoms with Gasteiger partial charge in [0, 0.05) is 31.7 Å². The number of nitrogens with zero attached hydrogens (tertiary/aromatic N) is 4. The largest absolute Gasteiger partial charge is 0.383 e. The molecule has 0 amide bonds. The number of nitrogens with two attached hydrogens (primary N) is 1. The van der Waals surface area contributed by atoms with Crippen molar-refractivity contribution in [2.45, 2.75) is 39.7 Å². The topological polar surface area (TPSA) is 58.3 Å². The highest BCUT2D eigenvalue weighted by molar-refractivity contribution is 5.56. The third-order valence-corrected chi connectivity index (χ3v) is 4.16. The Balaban J connectivity index is 2.14. The van der Waals surface area contributed by atoms with Crippen molar-refractivity contribution in [3.63, 3.8) is 0 Å². The Hall–Kier alpha value is -1.36. The summed E-state index contributed by atoms with van der Waals surface area (Å²) in [5.41, 5.74) is 6.94. The van der Waals surface area contributed by atoms with E-state index in [1.807, 2.05) is 13.8 Å². The van der Waals surface area contributed by atoms with E-state index in [4.69, 9.17) is 5.73 Å². The van der Waals surface area contributed by atoms with E-state index in [0.29, 0.717) is 11.9 Å². The summed E-state index contributed by atoms with van der Waals surface area (Å²) in [5, 5.41) is 0. The van der Waals surface area contributed by atoms with E-state index in [2.05, 4.69) is 33.7 Å². The van der Waals surface area contributed by atoms with E-state index in [1.54, 1.807) is 0 Å². The number of hydrogen-bond donors (Lipinski definition) is 1. The molecule has 0 radical (unpaired) electrons. The summed E-state index contributed by atoms with van der Waals surface area (Å²) >= 11 is 0. The number of aryl methyl sites for hydroxylation is 1. The molecule has 0 aliphatic carbocycles. The highest BCUT2D eigenvalue weighted by Crippen LogP contribution is 2.25. The molecule has 1 fully saturated rings. The molecule has 5 nitrogen and oxygen atoms in total. The van der Waals surface area contributed by atoms with Crippen LogP contribution in [0.2, 0.25) is 0 Å². The van der Waals surface area contributed by atoms with Gasteiger partial charge in [0.1, 0.15) is 17.5 Å². The quantitative estimate of drug-likeness (QED) is 0.897. The Morgan fingerprint density at radius 3 is 2.47 bits per heavy atom. The minimum absolute atomic E-state index is 0.551. The van der Waals surface area contributed by atoms with Gasteiger partial charge in [0.05, 0.1) is 0 Å². The third kappa shape index (κ3) is 2.97. The summed E-state index contributed by atoms with van der Waals surface area (Å²) in [6, 6.07) is 0.551. The van der Waals surface area contributed by atoms with Gasteiger partial charge in [-0.15, -0.1) is 0 Å². The lowest BCUT2D eigenvalue weighted by Gasteiger charge is -2.37. The molecule has 0 aromatic carbocycles. The van der Waals surface area contributed by atoms with Crippen molar-refractivity contribution in [2.75, 3.05) is 37.3 Å². The fraction of sp³-hybridized carbons (Fsp3) is 0.714. The molecule has 5 heteroatoms. The molecule has 2 rings (SSSR count). The van der Waals surface area contributed by atoms with Crippen LogP contribution in [0, 0.1) is 13.8 Å². The van der Waals surface area contributed by atoms with Crippen LogP contribution < -0.4 is 10.6 Å². The summed E-state index contributed by atoms with van der Waals surface area (Å²) < 4.78 is 0. The van der Waals surface area contributed by atoms with Gasteiger partial charge in [0.2, 0.25) is 0 Å². The first-order chi connectivity index (χ1) is 9.02. The highest BCUT2D eigenvalue weighted by atomic mass is 15.2. The van der Waals surface area contributed by atoms with Crippen LogP contribution in [-0.4, -0.2) is 47.6 Å². The van der Waals surface area contributed by atoms with Crippen molar-refractivity contribution in [1.82, 2.24) is 14.9 Å². The van der Waals surface area contributed by atoms with E-state index in [1.165, 1.54) is 25.9 Å². The molecule has 2 N–H and O–H groups in total. The zero-order valence-corrected chi connectivity index (χ0v) is 12.5. The van der Waals surface area contributed by atoms with Crippen LogP contribution in [0.5, 0.6) is 0 Å². The second kappa shape index (κ2) is 5.74. The van der Waals surface area contributed by atoms with Crippen molar-refractivity contribution >= 4 is 11.6 Å².